The van der Waals surface area contributed by atoms with Gasteiger partial charge in [-0.2, -0.15) is 0 Å². The van der Waals surface area contributed by atoms with Crippen LogP contribution in [0.25, 0.3) is 11.0 Å². The molecule has 0 amide bonds. The van der Waals surface area contributed by atoms with Gasteiger partial charge in [0.15, 0.2) is 5.82 Å². The Labute approximate surface area is 121 Å². The topological polar surface area (TPSA) is 30.7 Å². The normalized spacial score (nSPS) is 12.8. The average Bonchev–Trinajstić information content (AvgIpc) is 2.81. The third-order valence-corrected chi connectivity index (χ3v) is 3.36. The van der Waals surface area contributed by atoms with Crippen LogP contribution in [-0.2, 0) is 6.54 Å². The fourth-order valence-corrected chi connectivity index (χ4v) is 2.42. The van der Waals surface area contributed by atoms with E-state index >= 15 is 0 Å². The monoisotopic (exact) mass is 289 g/mol. The van der Waals surface area contributed by atoms with Crippen LogP contribution in [-0.4, -0.2) is 14.5 Å². The van der Waals surface area contributed by atoms with E-state index in [-0.39, 0.29) is 11.2 Å². The fraction of sp³-hybridized carbons (Fsp3) is 0.200. The van der Waals surface area contributed by atoms with Gasteiger partial charge in [0.25, 0.3) is 0 Å². The fourth-order valence-electron chi connectivity index (χ4n) is 2.25. The zero-order valence-electron chi connectivity index (χ0n) is 10.9. The standard InChI is InChI=1S/C15H13ClFN3/c1-10(16)15-19-14-12(17)6-4-7-13(14)20(15)9-11-5-2-3-8-18-11/h2-8,10H,9H2,1H3. The molecular weight excluding hydrogens is 277 g/mol. The van der Waals surface area contributed by atoms with E-state index in [1.807, 2.05) is 35.8 Å². The molecule has 0 spiro atoms. The van der Waals surface area contributed by atoms with Crippen LogP contribution in [0.4, 0.5) is 4.39 Å². The zero-order chi connectivity index (χ0) is 14.1. The Hall–Kier alpha value is -1.94. The maximum Gasteiger partial charge on any atom is 0.151 e. The molecule has 2 aromatic heterocycles. The molecule has 1 unspecified atom stereocenters. The van der Waals surface area contributed by atoms with Crippen LogP contribution in [0.5, 0.6) is 0 Å². The highest BCUT2D eigenvalue weighted by atomic mass is 35.5. The van der Waals surface area contributed by atoms with Crippen molar-refractivity contribution in [2.75, 3.05) is 0 Å². The molecule has 0 saturated carbocycles. The molecule has 3 aromatic rings. The molecule has 20 heavy (non-hydrogen) atoms. The molecule has 0 aliphatic heterocycles. The van der Waals surface area contributed by atoms with Crippen molar-refractivity contribution in [2.45, 2.75) is 18.8 Å². The third-order valence-electron chi connectivity index (χ3n) is 3.16. The van der Waals surface area contributed by atoms with Crippen molar-refractivity contribution >= 4 is 22.6 Å². The SMILES string of the molecule is CC(Cl)c1nc2c(F)cccc2n1Cc1ccccn1. The number of rotatable bonds is 3. The lowest BCUT2D eigenvalue weighted by Crippen LogP contribution is -2.06. The molecule has 102 valence electrons. The number of imidazole rings is 1. The lowest BCUT2D eigenvalue weighted by Gasteiger charge is -2.09. The first-order valence-electron chi connectivity index (χ1n) is 6.35. The highest BCUT2D eigenvalue weighted by Gasteiger charge is 2.17. The van der Waals surface area contributed by atoms with Crippen LogP contribution >= 0.6 is 11.6 Å². The minimum absolute atomic E-state index is 0.300. The Morgan fingerprint density at radius 1 is 1.25 bits per heavy atom. The Kier molecular flexibility index (Phi) is 3.40. The van der Waals surface area contributed by atoms with Crippen molar-refractivity contribution < 1.29 is 4.39 Å². The van der Waals surface area contributed by atoms with Gasteiger partial charge in [0.1, 0.15) is 11.3 Å². The molecule has 0 N–H and O–H groups in total. The van der Waals surface area contributed by atoms with Crippen molar-refractivity contribution in [3.8, 4) is 0 Å². The number of benzene rings is 1. The van der Waals surface area contributed by atoms with Gasteiger partial charge in [-0.3, -0.25) is 4.98 Å². The summed E-state index contributed by atoms with van der Waals surface area (Å²) in [7, 11) is 0. The molecule has 0 saturated heterocycles. The summed E-state index contributed by atoms with van der Waals surface area (Å²) >= 11 is 6.17. The predicted octanol–water partition coefficient (Wildman–Crippen LogP) is 3.92. The molecule has 1 aromatic carbocycles. The second kappa shape index (κ2) is 5.21. The molecule has 1 atom stereocenters. The van der Waals surface area contributed by atoms with Crippen molar-refractivity contribution in [2.24, 2.45) is 0 Å². The molecular formula is C15H13ClFN3. The minimum Gasteiger partial charge on any atom is -0.321 e. The van der Waals surface area contributed by atoms with E-state index in [1.165, 1.54) is 6.07 Å². The molecule has 0 bridgehead atoms. The van der Waals surface area contributed by atoms with Gasteiger partial charge in [-0.1, -0.05) is 12.1 Å². The molecule has 3 nitrogen and oxygen atoms in total. The average molecular weight is 290 g/mol. The number of hydrogen-bond donors (Lipinski definition) is 0. The number of hydrogen-bond acceptors (Lipinski definition) is 2. The summed E-state index contributed by atoms with van der Waals surface area (Å²) in [4.78, 5) is 8.63. The Morgan fingerprint density at radius 3 is 2.80 bits per heavy atom. The zero-order valence-corrected chi connectivity index (χ0v) is 11.7. The summed E-state index contributed by atoms with van der Waals surface area (Å²) in [6.45, 7) is 2.35. The lowest BCUT2D eigenvalue weighted by molar-refractivity contribution is 0.637. The van der Waals surface area contributed by atoms with Gasteiger partial charge in [0, 0.05) is 6.20 Å². The maximum absolute atomic E-state index is 13.8. The van der Waals surface area contributed by atoms with Crippen molar-refractivity contribution in [3.63, 3.8) is 0 Å². The van der Waals surface area contributed by atoms with E-state index < -0.39 is 0 Å². The van der Waals surface area contributed by atoms with E-state index in [4.69, 9.17) is 11.6 Å². The van der Waals surface area contributed by atoms with Crippen molar-refractivity contribution in [1.29, 1.82) is 0 Å². The van der Waals surface area contributed by atoms with Crippen LogP contribution in [0.3, 0.4) is 0 Å². The van der Waals surface area contributed by atoms with E-state index in [2.05, 4.69) is 9.97 Å². The Bertz CT molecular complexity index is 737. The predicted molar refractivity (Wildman–Crippen MR) is 77.3 cm³/mol. The summed E-state index contributed by atoms with van der Waals surface area (Å²) in [5.41, 5.74) is 1.97. The van der Waals surface area contributed by atoms with Gasteiger partial charge < -0.3 is 4.57 Å². The molecule has 3 rings (SSSR count). The quantitative estimate of drug-likeness (QED) is 0.684. The third kappa shape index (κ3) is 2.27. The largest absolute Gasteiger partial charge is 0.321 e. The highest BCUT2D eigenvalue weighted by molar-refractivity contribution is 6.20. The summed E-state index contributed by atoms with van der Waals surface area (Å²) in [6.07, 6.45) is 1.73. The minimum atomic E-state index is -0.333. The number of alkyl halides is 1. The van der Waals surface area contributed by atoms with Crippen molar-refractivity contribution in [1.82, 2.24) is 14.5 Å². The van der Waals surface area contributed by atoms with Gasteiger partial charge in [-0.25, -0.2) is 9.37 Å². The number of para-hydroxylation sites is 1. The second-order valence-electron chi connectivity index (χ2n) is 4.60. The van der Waals surface area contributed by atoms with Crippen LogP contribution in [0.15, 0.2) is 42.6 Å². The molecule has 0 aliphatic carbocycles. The molecule has 0 aliphatic rings. The summed E-state index contributed by atoms with van der Waals surface area (Å²) in [5, 5.41) is -0.300. The molecule has 0 fully saturated rings. The van der Waals surface area contributed by atoms with Crippen LogP contribution in [0, 0.1) is 5.82 Å². The number of fused-ring (bicyclic) bond motifs is 1. The summed E-state index contributed by atoms with van der Waals surface area (Å²) in [6, 6.07) is 10.6. The highest BCUT2D eigenvalue weighted by Crippen LogP contribution is 2.26. The number of pyridine rings is 1. The van der Waals surface area contributed by atoms with E-state index in [1.54, 1.807) is 12.3 Å². The smallest absolute Gasteiger partial charge is 0.151 e. The summed E-state index contributed by atoms with van der Waals surface area (Å²) in [5.74, 6) is 0.318. The van der Waals surface area contributed by atoms with Crippen LogP contribution in [0.1, 0.15) is 23.8 Å². The van der Waals surface area contributed by atoms with E-state index in [0.717, 1.165) is 11.2 Å². The van der Waals surface area contributed by atoms with Gasteiger partial charge in [0.2, 0.25) is 0 Å². The lowest BCUT2D eigenvalue weighted by atomic mass is 10.3. The molecule has 2 heterocycles. The summed E-state index contributed by atoms with van der Waals surface area (Å²) < 4.78 is 15.8. The molecule has 5 heteroatoms. The van der Waals surface area contributed by atoms with Gasteiger partial charge in [-0.05, 0) is 31.2 Å². The first kappa shape index (κ1) is 13.1. The number of aromatic nitrogens is 3. The first-order valence-corrected chi connectivity index (χ1v) is 6.79. The van der Waals surface area contributed by atoms with Gasteiger partial charge in [-0.15, -0.1) is 11.6 Å². The van der Waals surface area contributed by atoms with Gasteiger partial charge >= 0.3 is 0 Å². The van der Waals surface area contributed by atoms with E-state index in [0.29, 0.717) is 17.9 Å². The first-order chi connectivity index (χ1) is 9.66. The number of nitrogens with zero attached hydrogens (tertiary/aromatic N) is 3. The van der Waals surface area contributed by atoms with Gasteiger partial charge in [0.05, 0.1) is 23.1 Å². The Morgan fingerprint density at radius 2 is 2.10 bits per heavy atom. The second-order valence-corrected chi connectivity index (χ2v) is 5.26. The maximum atomic E-state index is 13.8. The van der Waals surface area contributed by atoms with Crippen LogP contribution in [0.2, 0.25) is 0 Å². The molecule has 0 radical (unpaired) electrons. The Balaban J connectivity index is 2.17. The number of halogens is 2. The van der Waals surface area contributed by atoms with E-state index in [9.17, 15) is 4.39 Å². The van der Waals surface area contributed by atoms with Crippen LogP contribution < -0.4 is 0 Å². The van der Waals surface area contributed by atoms with Crippen molar-refractivity contribution in [3.05, 3.63) is 59.9 Å².